The molecule has 3 aromatic carbocycles. The molecule has 0 spiro atoms. The zero-order valence-corrected chi connectivity index (χ0v) is 21.4. The van der Waals surface area contributed by atoms with Crippen LogP contribution in [0.25, 0.3) is 5.57 Å². The van der Waals surface area contributed by atoms with Crippen LogP contribution in [0.15, 0.2) is 95.2 Å². The number of alkyl halides is 3. The Hall–Kier alpha value is -4.16. The number of methoxy groups -OCH3 is 1. The third-order valence-corrected chi connectivity index (χ3v) is 7.42. The van der Waals surface area contributed by atoms with E-state index in [1.807, 2.05) is 30.3 Å². The number of carbonyl (C=O) groups excluding carboxylic acids is 1. The van der Waals surface area contributed by atoms with Gasteiger partial charge in [-0.2, -0.15) is 18.4 Å². The number of thioether (sulfide) groups is 1. The number of halogens is 3. The minimum absolute atomic E-state index is 0.00654. The van der Waals surface area contributed by atoms with Crippen molar-refractivity contribution >= 4 is 23.4 Å². The van der Waals surface area contributed by atoms with Gasteiger partial charge in [0.25, 0.3) is 0 Å². The number of primary amides is 1. The van der Waals surface area contributed by atoms with Gasteiger partial charge in [0, 0.05) is 22.9 Å². The highest BCUT2D eigenvalue weighted by Crippen LogP contribution is 2.52. The molecule has 1 atom stereocenters. The van der Waals surface area contributed by atoms with E-state index in [0.29, 0.717) is 28.3 Å². The Morgan fingerprint density at radius 3 is 2.32 bits per heavy atom. The Morgan fingerprint density at radius 2 is 1.68 bits per heavy atom. The molecule has 0 aromatic heterocycles. The first-order chi connectivity index (χ1) is 18.2. The molecule has 0 saturated heterocycles. The predicted molar refractivity (Wildman–Crippen MR) is 142 cm³/mol. The fourth-order valence-electron chi connectivity index (χ4n) is 4.65. The van der Waals surface area contributed by atoms with Gasteiger partial charge < -0.3 is 10.5 Å². The summed E-state index contributed by atoms with van der Waals surface area (Å²) in [5.74, 6) is -0.378. The van der Waals surface area contributed by atoms with Crippen LogP contribution in [0.5, 0.6) is 5.75 Å². The number of carbonyl (C=O) groups is 1. The molecular formula is C29H24F3N3O2S. The number of benzene rings is 3. The molecule has 38 heavy (non-hydrogen) atoms. The molecule has 4 rings (SSSR count). The quantitative estimate of drug-likeness (QED) is 0.359. The number of amides is 2. The summed E-state index contributed by atoms with van der Waals surface area (Å²) >= 11 is 1.18. The van der Waals surface area contributed by atoms with Crippen LogP contribution in [0, 0.1) is 11.3 Å². The van der Waals surface area contributed by atoms with Gasteiger partial charge in [0.15, 0.2) is 0 Å². The standard InChI is InChI=1S/C29H24F3N3O2S/c1-18-25(21-13-7-9-15-24(21)37-2)26(20-12-6-8-14-23(20)29(30,31)32)22(16-33)27(35(18)28(34)36)38-17-19-10-4-3-5-11-19/h3-15,26H,17H2,1-2H3,(H2,34,36). The molecule has 1 heterocycles. The smallest absolute Gasteiger partial charge is 0.416 e. The molecule has 3 aromatic rings. The van der Waals surface area contributed by atoms with Crippen molar-refractivity contribution in [3.8, 4) is 11.8 Å². The molecule has 194 valence electrons. The number of urea groups is 1. The molecule has 5 nitrogen and oxygen atoms in total. The highest BCUT2D eigenvalue weighted by molar-refractivity contribution is 8.02. The van der Waals surface area contributed by atoms with Crippen LogP contribution in [-0.4, -0.2) is 18.0 Å². The van der Waals surface area contributed by atoms with E-state index in [1.165, 1.54) is 42.0 Å². The van der Waals surface area contributed by atoms with E-state index in [4.69, 9.17) is 10.5 Å². The molecule has 0 saturated carbocycles. The molecule has 9 heteroatoms. The summed E-state index contributed by atoms with van der Waals surface area (Å²) < 4.78 is 48.3. The second-order valence-corrected chi connectivity index (χ2v) is 9.46. The number of allylic oxidation sites excluding steroid dienone is 3. The maximum Gasteiger partial charge on any atom is 0.416 e. The van der Waals surface area contributed by atoms with Crippen LogP contribution >= 0.6 is 11.8 Å². The van der Waals surface area contributed by atoms with Gasteiger partial charge in [0.1, 0.15) is 5.75 Å². The molecule has 0 aliphatic carbocycles. The Kier molecular flexibility index (Phi) is 7.83. The van der Waals surface area contributed by atoms with E-state index in [-0.39, 0.29) is 16.2 Å². The minimum Gasteiger partial charge on any atom is -0.496 e. The highest BCUT2D eigenvalue weighted by Gasteiger charge is 2.42. The topological polar surface area (TPSA) is 79.3 Å². The second kappa shape index (κ2) is 11.1. The molecule has 1 unspecified atom stereocenters. The Labute approximate surface area is 223 Å². The highest BCUT2D eigenvalue weighted by atomic mass is 32.2. The van der Waals surface area contributed by atoms with Crippen LogP contribution in [0.4, 0.5) is 18.0 Å². The van der Waals surface area contributed by atoms with Crippen molar-refractivity contribution in [3.63, 3.8) is 0 Å². The predicted octanol–water partition coefficient (Wildman–Crippen LogP) is 7.29. The lowest BCUT2D eigenvalue weighted by Crippen LogP contribution is -2.37. The third kappa shape index (κ3) is 5.13. The lowest BCUT2D eigenvalue weighted by molar-refractivity contribution is -0.138. The van der Waals surface area contributed by atoms with Gasteiger partial charge >= 0.3 is 12.2 Å². The number of nitriles is 1. The Morgan fingerprint density at radius 1 is 1.05 bits per heavy atom. The lowest BCUT2D eigenvalue weighted by atomic mass is 9.77. The van der Waals surface area contributed by atoms with Crippen molar-refractivity contribution in [1.82, 2.24) is 4.90 Å². The van der Waals surface area contributed by atoms with Crippen LogP contribution < -0.4 is 10.5 Å². The number of rotatable bonds is 6. The van der Waals surface area contributed by atoms with Crippen LogP contribution in [0.3, 0.4) is 0 Å². The Bertz CT molecular complexity index is 1460. The number of hydrogen-bond acceptors (Lipinski definition) is 4. The number of nitrogens with two attached hydrogens (primary N) is 1. The molecular weight excluding hydrogens is 511 g/mol. The number of ether oxygens (including phenoxy) is 1. The summed E-state index contributed by atoms with van der Waals surface area (Å²) in [5, 5.41) is 10.6. The monoisotopic (exact) mass is 535 g/mol. The summed E-state index contributed by atoms with van der Waals surface area (Å²) in [6.45, 7) is 1.62. The Balaban J connectivity index is 2.03. The van der Waals surface area contributed by atoms with Crippen LogP contribution in [-0.2, 0) is 11.9 Å². The molecule has 1 aliphatic heterocycles. The second-order valence-electron chi connectivity index (χ2n) is 8.50. The third-order valence-electron chi connectivity index (χ3n) is 6.27. The van der Waals surface area contributed by atoms with Gasteiger partial charge in [0.05, 0.1) is 29.3 Å². The van der Waals surface area contributed by atoms with E-state index in [9.17, 15) is 23.2 Å². The van der Waals surface area contributed by atoms with Gasteiger partial charge in [-0.25, -0.2) is 4.79 Å². The first-order valence-corrected chi connectivity index (χ1v) is 12.6. The number of nitrogens with zero attached hydrogens (tertiary/aromatic N) is 2. The van der Waals surface area contributed by atoms with Crippen molar-refractivity contribution in [2.24, 2.45) is 5.73 Å². The maximum atomic E-state index is 14.2. The average Bonchev–Trinajstić information content (AvgIpc) is 2.91. The van der Waals surface area contributed by atoms with Gasteiger partial charge in [0.2, 0.25) is 0 Å². The van der Waals surface area contributed by atoms with E-state index in [1.54, 1.807) is 31.2 Å². The molecule has 1 aliphatic rings. The van der Waals surface area contributed by atoms with Crippen LogP contribution in [0.1, 0.15) is 35.1 Å². The molecule has 2 N–H and O–H groups in total. The number of hydrogen-bond donors (Lipinski definition) is 1. The largest absolute Gasteiger partial charge is 0.496 e. The van der Waals surface area contributed by atoms with Crippen molar-refractivity contribution in [2.75, 3.05) is 7.11 Å². The van der Waals surface area contributed by atoms with Gasteiger partial charge in [-0.15, -0.1) is 11.8 Å². The fourth-order valence-corrected chi connectivity index (χ4v) is 5.82. The average molecular weight is 536 g/mol. The van der Waals surface area contributed by atoms with Gasteiger partial charge in [-0.3, -0.25) is 4.90 Å². The van der Waals surface area contributed by atoms with Crippen molar-refractivity contribution in [1.29, 1.82) is 5.26 Å². The fraction of sp³-hybridized carbons (Fsp3) is 0.172. The van der Waals surface area contributed by atoms with Crippen molar-refractivity contribution in [2.45, 2.75) is 24.8 Å². The van der Waals surface area contributed by atoms with Crippen molar-refractivity contribution < 1.29 is 22.7 Å². The van der Waals surface area contributed by atoms with E-state index in [0.717, 1.165) is 11.6 Å². The molecule has 2 amide bonds. The first-order valence-electron chi connectivity index (χ1n) is 11.6. The number of para-hydroxylation sites is 1. The normalized spacial score (nSPS) is 15.9. The minimum atomic E-state index is -4.67. The first kappa shape index (κ1) is 26.9. The van der Waals surface area contributed by atoms with Crippen LogP contribution in [0.2, 0.25) is 0 Å². The summed E-state index contributed by atoms with van der Waals surface area (Å²) in [6.07, 6.45) is -4.67. The summed E-state index contributed by atoms with van der Waals surface area (Å²) in [4.78, 5) is 14.0. The zero-order chi connectivity index (χ0) is 27.4. The summed E-state index contributed by atoms with van der Waals surface area (Å²) in [7, 11) is 1.45. The SMILES string of the molecule is COc1ccccc1C1=C(C)N(C(N)=O)C(SCc2ccccc2)=C(C#N)C1c1ccccc1C(F)(F)F. The van der Waals surface area contributed by atoms with E-state index >= 15 is 0 Å². The molecule has 0 fully saturated rings. The van der Waals surface area contributed by atoms with E-state index in [2.05, 4.69) is 6.07 Å². The van der Waals surface area contributed by atoms with Crippen molar-refractivity contribution in [3.05, 3.63) is 117 Å². The maximum absolute atomic E-state index is 14.2. The summed E-state index contributed by atoms with van der Waals surface area (Å²) in [5.41, 5.74) is 6.87. The van der Waals surface area contributed by atoms with Gasteiger partial charge in [-0.05, 0) is 35.8 Å². The molecule has 0 radical (unpaired) electrons. The molecule has 0 bridgehead atoms. The van der Waals surface area contributed by atoms with Gasteiger partial charge in [-0.1, -0.05) is 66.7 Å². The summed E-state index contributed by atoms with van der Waals surface area (Å²) in [6, 6.07) is 22.6. The zero-order valence-electron chi connectivity index (χ0n) is 20.6. The van der Waals surface area contributed by atoms with E-state index < -0.39 is 23.7 Å². The lowest BCUT2D eigenvalue weighted by Gasteiger charge is -2.37.